The molecule has 0 bridgehead atoms. The summed E-state index contributed by atoms with van der Waals surface area (Å²) in [7, 11) is 0. The van der Waals surface area contributed by atoms with Crippen LogP contribution in [0.4, 0.5) is 4.39 Å². The molecule has 1 aromatic carbocycles. The third kappa shape index (κ3) is 1.63. The molecule has 0 saturated heterocycles. The maximum absolute atomic E-state index is 13.3. The van der Waals surface area contributed by atoms with Gasteiger partial charge in [-0.15, -0.1) is 0 Å². The second-order valence-corrected chi connectivity index (χ2v) is 3.91. The topological polar surface area (TPSA) is 41.8 Å². The second kappa shape index (κ2) is 3.66. The zero-order valence-corrected chi connectivity index (χ0v) is 9.02. The van der Waals surface area contributed by atoms with Gasteiger partial charge in [-0.05, 0) is 50.1 Å². The minimum atomic E-state index is -0.183. The van der Waals surface area contributed by atoms with Crippen molar-refractivity contribution in [3.63, 3.8) is 0 Å². The van der Waals surface area contributed by atoms with Gasteiger partial charge in [-0.2, -0.15) is 0 Å². The summed E-state index contributed by atoms with van der Waals surface area (Å²) in [6, 6.07) is 3.13. The Labute approximate surface area is 88.3 Å². The van der Waals surface area contributed by atoms with E-state index in [2.05, 4.69) is 4.98 Å². The van der Waals surface area contributed by atoms with Gasteiger partial charge in [0.25, 0.3) is 0 Å². The van der Waals surface area contributed by atoms with Crippen LogP contribution in [0, 0.1) is 19.7 Å². The number of aryl methyl sites for hydroxylation is 2. The monoisotopic (exact) mass is 206 g/mol. The van der Waals surface area contributed by atoms with Gasteiger partial charge < -0.3 is 10.7 Å². The molecule has 80 valence electrons. The fourth-order valence-corrected chi connectivity index (χ4v) is 2.08. The van der Waals surface area contributed by atoms with Crippen LogP contribution in [0.25, 0.3) is 10.9 Å². The highest BCUT2D eigenvalue weighted by molar-refractivity contribution is 5.87. The Morgan fingerprint density at radius 1 is 1.33 bits per heavy atom. The lowest BCUT2D eigenvalue weighted by atomic mass is 10.1. The van der Waals surface area contributed by atoms with E-state index in [9.17, 15) is 4.39 Å². The summed E-state index contributed by atoms with van der Waals surface area (Å²) in [5.74, 6) is -0.183. The molecule has 0 atom stereocenters. The van der Waals surface area contributed by atoms with Crippen LogP contribution in [0.5, 0.6) is 0 Å². The molecule has 2 nitrogen and oxygen atoms in total. The first-order chi connectivity index (χ1) is 7.13. The molecule has 2 aromatic rings. The lowest BCUT2D eigenvalue weighted by Crippen LogP contribution is -2.03. The van der Waals surface area contributed by atoms with E-state index in [1.165, 1.54) is 0 Å². The maximum atomic E-state index is 13.3. The number of benzene rings is 1. The molecule has 0 fully saturated rings. The molecule has 1 heterocycles. The quantitative estimate of drug-likeness (QED) is 0.778. The van der Waals surface area contributed by atoms with Crippen LogP contribution < -0.4 is 5.73 Å². The predicted octanol–water partition coefficient (Wildman–Crippen LogP) is 2.43. The van der Waals surface area contributed by atoms with E-state index in [0.717, 1.165) is 34.1 Å². The molecular weight excluding hydrogens is 191 g/mol. The number of hydrogen-bond donors (Lipinski definition) is 2. The number of nitrogens with one attached hydrogen (secondary N) is 1. The molecular formula is C12H15FN2. The molecule has 0 aliphatic carbocycles. The van der Waals surface area contributed by atoms with E-state index in [1.807, 2.05) is 13.8 Å². The molecule has 0 amide bonds. The van der Waals surface area contributed by atoms with Crippen molar-refractivity contribution in [2.75, 3.05) is 6.54 Å². The first-order valence-corrected chi connectivity index (χ1v) is 5.11. The van der Waals surface area contributed by atoms with Crippen molar-refractivity contribution in [3.05, 3.63) is 34.8 Å². The van der Waals surface area contributed by atoms with Crippen molar-refractivity contribution in [1.29, 1.82) is 0 Å². The molecule has 0 saturated carbocycles. The van der Waals surface area contributed by atoms with Gasteiger partial charge in [0, 0.05) is 16.6 Å². The van der Waals surface area contributed by atoms with Crippen LogP contribution in [-0.4, -0.2) is 11.5 Å². The summed E-state index contributed by atoms with van der Waals surface area (Å²) in [4.78, 5) is 3.29. The van der Waals surface area contributed by atoms with Crippen molar-refractivity contribution in [2.45, 2.75) is 20.3 Å². The second-order valence-electron chi connectivity index (χ2n) is 3.91. The molecule has 0 aliphatic heterocycles. The molecule has 2 rings (SSSR count). The first-order valence-electron chi connectivity index (χ1n) is 5.11. The number of nitrogens with two attached hydrogens (primary N) is 1. The highest BCUT2D eigenvalue weighted by Gasteiger charge is 2.10. The number of hydrogen-bond acceptors (Lipinski definition) is 1. The Balaban J connectivity index is 2.74. The Morgan fingerprint density at radius 3 is 2.73 bits per heavy atom. The normalized spacial score (nSPS) is 11.2. The van der Waals surface area contributed by atoms with Gasteiger partial charge in [0.15, 0.2) is 0 Å². The fraction of sp³-hybridized carbons (Fsp3) is 0.333. The Kier molecular flexibility index (Phi) is 2.49. The van der Waals surface area contributed by atoms with E-state index in [1.54, 1.807) is 12.1 Å². The van der Waals surface area contributed by atoms with Crippen molar-refractivity contribution >= 4 is 10.9 Å². The summed E-state index contributed by atoms with van der Waals surface area (Å²) in [5.41, 5.74) is 9.74. The zero-order valence-electron chi connectivity index (χ0n) is 9.02. The van der Waals surface area contributed by atoms with Crippen molar-refractivity contribution in [3.8, 4) is 0 Å². The van der Waals surface area contributed by atoms with Crippen LogP contribution in [0.15, 0.2) is 12.1 Å². The maximum Gasteiger partial charge on any atom is 0.124 e. The van der Waals surface area contributed by atoms with Crippen LogP contribution in [0.2, 0.25) is 0 Å². The average Bonchev–Trinajstić information content (AvgIpc) is 2.46. The van der Waals surface area contributed by atoms with Crippen molar-refractivity contribution in [2.24, 2.45) is 5.73 Å². The van der Waals surface area contributed by atoms with Crippen molar-refractivity contribution in [1.82, 2.24) is 4.98 Å². The summed E-state index contributed by atoms with van der Waals surface area (Å²) in [6.45, 7) is 4.50. The van der Waals surface area contributed by atoms with Gasteiger partial charge in [-0.25, -0.2) is 4.39 Å². The predicted molar refractivity (Wildman–Crippen MR) is 60.5 cm³/mol. The first kappa shape index (κ1) is 10.2. The summed E-state index contributed by atoms with van der Waals surface area (Å²) >= 11 is 0. The zero-order chi connectivity index (χ0) is 11.0. The van der Waals surface area contributed by atoms with Gasteiger partial charge in [0.2, 0.25) is 0 Å². The summed E-state index contributed by atoms with van der Waals surface area (Å²) < 4.78 is 13.3. The Morgan fingerprint density at radius 2 is 2.07 bits per heavy atom. The molecule has 0 radical (unpaired) electrons. The van der Waals surface area contributed by atoms with E-state index in [4.69, 9.17) is 5.73 Å². The highest BCUT2D eigenvalue weighted by Crippen LogP contribution is 2.26. The molecule has 15 heavy (non-hydrogen) atoms. The van der Waals surface area contributed by atoms with E-state index >= 15 is 0 Å². The lowest BCUT2D eigenvalue weighted by Gasteiger charge is -1.99. The number of H-pyrrole nitrogens is 1. The van der Waals surface area contributed by atoms with E-state index in [0.29, 0.717) is 6.54 Å². The summed E-state index contributed by atoms with van der Waals surface area (Å²) in [6.07, 6.45) is 0.786. The number of aromatic nitrogens is 1. The van der Waals surface area contributed by atoms with Gasteiger partial charge in [-0.1, -0.05) is 0 Å². The fourth-order valence-electron chi connectivity index (χ4n) is 2.08. The van der Waals surface area contributed by atoms with Gasteiger partial charge >= 0.3 is 0 Å². The van der Waals surface area contributed by atoms with Gasteiger partial charge in [0.05, 0.1) is 0 Å². The smallest absolute Gasteiger partial charge is 0.124 e. The molecule has 3 N–H and O–H groups in total. The highest BCUT2D eigenvalue weighted by atomic mass is 19.1. The third-order valence-electron chi connectivity index (χ3n) is 2.78. The van der Waals surface area contributed by atoms with E-state index in [-0.39, 0.29) is 5.82 Å². The Hall–Kier alpha value is -1.35. The minimum Gasteiger partial charge on any atom is -0.358 e. The largest absolute Gasteiger partial charge is 0.358 e. The van der Waals surface area contributed by atoms with Crippen molar-refractivity contribution < 1.29 is 4.39 Å². The van der Waals surface area contributed by atoms with Crippen LogP contribution in [-0.2, 0) is 6.42 Å². The van der Waals surface area contributed by atoms with Crippen LogP contribution in [0.1, 0.15) is 16.8 Å². The number of aromatic amines is 1. The molecule has 3 heteroatoms. The van der Waals surface area contributed by atoms with Crippen LogP contribution in [0.3, 0.4) is 0 Å². The molecule has 0 aliphatic rings. The lowest BCUT2D eigenvalue weighted by molar-refractivity contribution is 0.628. The van der Waals surface area contributed by atoms with Crippen LogP contribution >= 0.6 is 0 Å². The van der Waals surface area contributed by atoms with Gasteiger partial charge in [-0.3, -0.25) is 0 Å². The summed E-state index contributed by atoms with van der Waals surface area (Å²) in [5, 5.41) is 0.968. The average molecular weight is 206 g/mol. The molecule has 0 unspecified atom stereocenters. The minimum absolute atomic E-state index is 0.183. The molecule has 0 spiro atoms. The number of fused-ring (bicyclic) bond motifs is 1. The third-order valence-corrected chi connectivity index (χ3v) is 2.78. The van der Waals surface area contributed by atoms with Gasteiger partial charge in [0.1, 0.15) is 5.82 Å². The standard InChI is InChI=1S/C12H15FN2/c1-7-5-9(13)6-11-10(3-4-14)8(2)15-12(7)11/h5-6,15H,3-4,14H2,1-2H3. The molecule has 1 aromatic heterocycles. The number of rotatable bonds is 2. The SMILES string of the molecule is Cc1[nH]c2c(C)cc(F)cc2c1CCN. The Bertz CT molecular complexity index is 500. The van der Waals surface area contributed by atoms with E-state index < -0.39 is 0 Å². The number of halogens is 1.